The van der Waals surface area contributed by atoms with E-state index in [1.54, 1.807) is 0 Å². The molecule has 1 aliphatic carbocycles. The van der Waals surface area contributed by atoms with E-state index in [2.05, 4.69) is 10.6 Å². The fraction of sp³-hybridized carbons (Fsp3) is 0.474. The molecule has 0 aromatic heterocycles. The topological polar surface area (TPSA) is 116 Å². The van der Waals surface area contributed by atoms with Crippen molar-refractivity contribution in [2.45, 2.75) is 50.2 Å². The number of rotatable bonds is 9. The van der Waals surface area contributed by atoms with Gasteiger partial charge in [0.25, 0.3) is 0 Å². The van der Waals surface area contributed by atoms with Crippen molar-refractivity contribution in [2.75, 3.05) is 6.54 Å². The van der Waals surface area contributed by atoms with E-state index < -0.39 is 23.5 Å². The molecule has 1 saturated carbocycles. The number of aliphatic carboxylic acids is 1. The third kappa shape index (κ3) is 5.18. The fourth-order valence-electron chi connectivity index (χ4n) is 3.18. The number of aryl methyl sites for hydroxylation is 1. The lowest BCUT2D eigenvalue weighted by Gasteiger charge is -2.30. The predicted molar refractivity (Wildman–Crippen MR) is 95.0 cm³/mol. The van der Waals surface area contributed by atoms with Gasteiger partial charge in [-0.2, -0.15) is 0 Å². The molecule has 0 heterocycles. The molecular formula is C19H24N2O5. The Labute approximate surface area is 152 Å². The van der Waals surface area contributed by atoms with E-state index in [0.717, 1.165) is 18.4 Å². The summed E-state index contributed by atoms with van der Waals surface area (Å²) in [5.41, 5.74) is 0.447. The van der Waals surface area contributed by atoms with Gasteiger partial charge in [0.2, 0.25) is 5.91 Å². The Morgan fingerprint density at radius 3 is 2.42 bits per heavy atom. The summed E-state index contributed by atoms with van der Waals surface area (Å²) in [5, 5.41) is 23.6. The maximum Gasteiger partial charge on any atom is 0.334 e. The molecule has 0 spiro atoms. The van der Waals surface area contributed by atoms with Crippen molar-refractivity contribution >= 4 is 17.8 Å². The van der Waals surface area contributed by atoms with Gasteiger partial charge < -0.3 is 20.8 Å². The molecule has 1 aromatic rings. The molecule has 1 aromatic carbocycles. The molecule has 7 heteroatoms. The van der Waals surface area contributed by atoms with Crippen molar-refractivity contribution in [3.05, 3.63) is 41.6 Å². The molecule has 7 nitrogen and oxygen atoms in total. The van der Waals surface area contributed by atoms with E-state index in [1.165, 1.54) is 0 Å². The Morgan fingerprint density at radius 2 is 1.85 bits per heavy atom. The minimum atomic E-state index is -1.66. The third-order valence-corrected chi connectivity index (χ3v) is 4.65. The summed E-state index contributed by atoms with van der Waals surface area (Å²) < 4.78 is 0. The number of carboxylic acids is 1. The van der Waals surface area contributed by atoms with Crippen molar-refractivity contribution in [3.8, 4) is 0 Å². The lowest BCUT2D eigenvalue weighted by atomic mass is 9.95. The summed E-state index contributed by atoms with van der Waals surface area (Å²) >= 11 is 0. The SMILES string of the molecule is O=C=C(CCc1ccccc1)NC1(C(=O)NC[C@H](O)C(=O)O)CCCC1. The average molecular weight is 360 g/mol. The van der Waals surface area contributed by atoms with Crippen LogP contribution in [0.2, 0.25) is 0 Å². The van der Waals surface area contributed by atoms with Gasteiger partial charge in [0.05, 0.1) is 12.2 Å². The van der Waals surface area contributed by atoms with Crippen LogP contribution >= 0.6 is 0 Å². The zero-order chi connectivity index (χ0) is 19.0. The first-order valence-electron chi connectivity index (χ1n) is 8.72. The Hall–Kier alpha value is -2.63. The molecule has 1 atom stereocenters. The normalized spacial score (nSPS) is 16.3. The van der Waals surface area contributed by atoms with Crippen LogP contribution in [0, 0.1) is 0 Å². The summed E-state index contributed by atoms with van der Waals surface area (Å²) in [4.78, 5) is 34.6. The molecule has 0 saturated heterocycles. The van der Waals surface area contributed by atoms with Crippen molar-refractivity contribution in [1.29, 1.82) is 0 Å². The Morgan fingerprint density at radius 1 is 1.19 bits per heavy atom. The second-order valence-corrected chi connectivity index (χ2v) is 6.54. The van der Waals surface area contributed by atoms with E-state index in [4.69, 9.17) is 5.11 Å². The maximum absolute atomic E-state index is 12.6. The van der Waals surface area contributed by atoms with Crippen LogP contribution in [0.4, 0.5) is 0 Å². The second-order valence-electron chi connectivity index (χ2n) is 6.54. The number of allylic oxidation sites excluding steroid dienone is 1. The van der Waals surface area contributed by atoms with Gasteiger partial charge >= 0.3 is 5.97 Å². The Balaban J connectivity index is 1.99. The van der Waals surface area contributed by atoms with Gasteiger partial charge in [-0.3, -0.25) is 4.79 Å². The monoisotopic (exact) mass is 360 g/mol. The molecule has 0 aliphatic heterocycles. The number of carbonyl (C=O) groups is 2. The van der Waals surface area contributed by atoms with E-state index in [-0.39, 0.29) is 6.54 Å². The minimum absolute atomic E-state index is 0.324. The quantitative estimate of drug-likeness (QED) is 0.484. The van der Waals surface area contributed by atoms with Gasteiger partial charge in [-0.1, -0.05) is 43.2 Å². The summed E-state index contributed by atoms with van der Waals surface area (Å²) in [6.07, 6.45) is 2.15. The molecule has 1 fully saturated rings. The summed E-state index contributed by atoms with van der Waals surface area (Å²) in [5.74, 6) is 0.100. The van der Waals surface area contributed by atoms with Gasteiger partial charge in [0, 0.05) is 6.42 Å². The molecule has 1 amide bonds. The van der Waals surface area contributed by atoms with E-state index >= 15 is 0 Å². The number of benzene rings is 1. The number of carbonyl (C=O) groups excluding carboxylic acids is 2. The smallest absolute Gasteiger partial charge is 0.334 e. The van der Waals surface area contributed by atoms with Gasteiger partial charge in [0.1, 0.15) is 11.5 Å². The number of carboxylic acid groups (broad SMARTS) is 1. The van der Waals surface area contributed by atoms with Crippen LogP contribution in [0.15, 0.2) is 36.0 Å². The summed E-state index contributed by atoms with van der Waals surface area (Å²) in [6, 6.07) is 9.70. The maximum atomic E-state index is 12.6. The van der Waals surface area contributed by atoms with Crippen LogP contribution < -0.4 is 10.6 Å². The number of amides is 1. The standard InChI is InChI=1S/C19H24N2O5/c22-13-15(9-8-14-6-2-1-3-7-14)21-19(10-4-5-11-19)18(26)20-12-16(23)17(24)25/h1-3,6-7,16,21,23H,4-5,8-12H2,(H,20,26)(H,24,25)/t16-/m0/s1. The van der Waals surface area contributed by atoms with Crippen molar-refractivity contribution in [1.82, 2.24) is 10.6 Å². The van der Waals surface area contributed by atoms with Crippen LogP contribution in [-0.2, 0) is 20.8 Å². The molecule has 0 bridgehead atoms. The van der Waals surface area contributed by atoms with Gasteiger partial charge in [-0.05, 0) is 24.8 Å². The van der Waals surface area contributed by atoms with Crippen molar-refractivity contribution < 1.29 is 24.6 Å². The van der Waals surface area contributed by atoms with E-state index in [9.17, 15) is 19.5 Å². The highest BCUT2D eigenvalue weighted by Gasteiger charge is 2.41. The minimum Gasteiger partial charge on any atom is -0.479 e. The van der Waals surface area contributed by atoms with Gasteiger partial charge in [0.15, 0.2) is 6.10 Å². The van der Waals surface area contributed by atoms with Crippen LogP contribution in [-0.4, -0.2) is 46.2 Å². The molecule has 26 heavy (non-hydrogen) atoms. The number of hydrogen-bond donors (Lipinski definition) is 4. The zero-order valence-corrected chi connectivity index (χ0v) is 14.5. The lowest BCUT2D eigenvalue weighted by molar-refractivity contribution is -0.146. The molecule has 4 N–H and O–H groups in total. The first kappa shape index (κ1) is 19.7. The van der Waals surface area contributed by atoms with Gasteiger partial charge in [-0.15, -0.1) is 0 Å². The number of nitrogens with one attached hydrogen (secondary N) is 2. The van der Waals surface area contributed by atoms with Crippen molar-refractivity contribution in [2.24, 2.45) is 0 Å². The predicted octanol–water partition coefficient (Wildman–Crippen LogP) is 0.799. The van der Waals surface area contributed by atoms with E-state index in [0.29, 0.717) is 31.4 Å². The Bertz CT molecular complexity index is 676. The third-order valence-electron chi connectivity index (χ3n) is 4.65. The lowest BCUT2D eigenvalue weighted by Crippen LogP contribution is -2.56. The second kappa shape index (κ2) is 9.17. The van der Waals surface area contributed by atoms with Crippen molar-refractivity contribution in [3.63, 3.8) is 0 Å². The number of aliphatic hydroxyl groups is 1. The van der Waals surface area contributed by atoms with Crippen LogP contribution in [0.1, 0.15) is 37.7 Å². The Kier molecular flexibility index (Phi) is 6.95. The molecular weight excluding hydrogens is 336 g/mol. The molecule has 0 radical (unpaired) electrons. The fourth-order valence-corrected chi connectivity index (χ4v) is 3.18. The first-order chi connectivity index (χ1) is 12.5. The molecule has 1 aliphatic rings. The number of aliphatic hydroxyl groups excluding tert-OH is 1. The molecule has 0 unspecified atom stereocenters. The summed E-state index contributed by atoms with van der Waals surface area (Å²) in [7, 11) is 0. The average Bonchev–Trinajstić information content (AvgIpc) is 3.13. The highest BCUT2D eigenvalue weighted by atomic mass is 16.4. The highest BCUT2D eigenvalue weighted by molar-refractivity contribution is 5.87. The van der Waals surface area contributed by atoms with E-state index in [1.807, 2.05) is 36.3 Å². The number of hydrogen-bond acceptors (Lipinski definition) is 5. The highest BCUT2D eigenvalue weighted by Crippen LogP contribution is 2.31. The largest absolute Gasteiger partial charge is 0.479 e. The summed E-state index contributed by atoms with van der Waals surface area (Å²) in [6.45, 7) is -0.373. The van der Waals surface area contributed by atoms with Crippen LogP contribution in [0.5, 0.6) is 0 Å². The van der Waals surface area contributed by atoms with Gasteiger partial charge in [-0.25, -0.2) is 9.59 Å². The molecule has 2 rings (SSSR count). The van der Waals surface area contributed by atoms with Crippen LogP contribution in [0.3, 0.4) is 0 Å². The van der Waals surface area contributed by atoms with Crippen LogP contribution in [0.25, 0.3) is 0 Å². The zero-order valence-electron chi connectivity index (χ0n) is 14.5. The first-order valence-corrected chi connectivity index (χ1v) is 8.72. The molecule has 140 valence electrons.